The number of H-pyrrole nitrogens is 1. The van der Waals surface area contributed by atoms with E-state index in [1.54, 1.807) is 0 Å². The molecule has 0 amide bonds. The van der Waals surface area contributed by atoms with Crippen LogP contribution < -0.4 is 29.0 Å². The predicted molar refractivity (Wildman–Crippen MR) is 47.3 cm³/mol. The van der Waals surface area contributed by atoms with Crippen LogP contribution in [0.15, 0.2) is 12.8 Å². The van der Waals surface area contributed by atoms with E-state index in [0.29, 0.717) is 0 Å². The third-order valence-corrected chi connectivity index (χ3v) is 2.11. The van der Waals surface area contributed by atoms with Crippen molar-refractivity contribution in [1.82, 2.24) is 0 Å². The lowest BCUT2D eigenvalue weighted by molar-refractivity contribution is -0.388. The molecule has 1 rings (SSSR count). The van der Waals surface area contributed by atoms with Crippen LogP contribution in [0, 0.1) is 20.8 Å². The molecule has 1 aromatic rings. The second-order valence-electron chi connectivity index (χ2n) is 2.84. The molecule has 0 saturated carbocycles. The van der Waals surface area contributed by atoms with E-state index in [4.69, 9.17) is 0 Å². The highest BCUT2D eigenvalue weighted by molar-refractivity contribution is 5.53. The van der Waals surface area contributed by atoms with Crippen molar-refractivity contribution in [3.63, 3.8) is 0 Å². The molecule has 66 valence electrons. The molecule has 0 unspecified atom stereocenters. The van der Waals surface area contributed by atoms with E-state index < -0.39 is 0 Å². The summed E-state index contributed by atoms with van der Waals surface area (Å²) in [6.07, 6.45) is 3.92. The van der Waals surface area contributed by atoms with E-state index in [9.17, 15) is 0 Å². The molecule has 0 aliphatic carbocycles. The molecule has 1 heterocycles. The number of aryl methyl sites for hydroxylation is 2. The molecule has 0 spiro atoms. The van der Waals surface area contributed by atoms with Crippen molar-refractivity contribution in [2.45, 2.75) is 20.8 Å². The van der Waals surface area contributed by atoms with Gasteiger partial charge >= 0.3 is 0 Å². The zero-order valence-corrected chi connectivity index (χ0v) is 9.90. The normalized spacial score (nSPS) is 8.92. The van der Waals surface area contributed by atoms with Crippen molar-refractivity contribution in [2.75, 3.05) is 0 Å². The number of aromatic nitrogens is 1. The van der Waals surface area contributed by atoms with Gasteiger partial charge in [0.05, 0.1) is 0 Å². The largest absolute Gasteiger partial charge is 1.00 e. The van der Waals surface area contributed by atoms with Crippen molar-refractivity contribution in [1.29, 1.82) is 0 Å². The quantitative estimate of drug-likeness (QED) is 0.588. The summed E-state index contributed by atoms with van der Waals surface area (Å²) in [6, 6.07) is 0. The maximum absolute atomic E-state index is 3.77. The van der Waals surface area contributed by atoms with Gasteiger partial charge < -0.3 is 24.0 Å². The third-order valence-electron chi connectivity index (χ3n) is 2.11. The maximum Gasteiger partial charge on any atom is 0.184 e. The minimum atomic E-state index is 0. The standard InChI is InChI=1S/C10H13N.HI/c1-5-10-8(3)7(2)6-11-9(10)4;/h5-6H,1H2,2-4H3;1H. The Balaban J connectivity index is 0.00000121. The van der Waals surface area contributed by atoms with Gasteiger partial charge in [0.25, 0.3) is 0 Å². The topological polar surface area (TPSA) is 14.1 Å². The smallest absolute Gasteiger partial charge is 0.184 e. The van der Waals surface area contributed by atoms with Crippen LogP contribution in [0.1, 0.15) is 22.4 Å². The summed E-state index contributed by atoms with van der Waals surface area (Å²) in [6.45, 7) is 10.0. The SMILES string of the molecule is C=Cc1c(C)[nH+]cc(C)c1C.[I-]. The fraction of sp³-hybridized carbons (Fsp3) is 0.300. The minimum Gasteiger partial charge on any atom is -1.00 e. The molecule has 1 N–H and O–H groups in total. The number of pyridine rings is 1. The summed E-state index contributed by atoms with van der Waals surface area (Å²) < 4.78 is 0. The molecule has 0 saturated heterocycles. The highest BCUT2D eigenvalue weighted by atomic mass is 127. The van der Waals surface area contributed by atoms with E-state index in [1.807, 2.05) is 12.3 Å². The summed E-state index contributed by atoms with van der Waals surface area (Å²) in [5.74, 6) is 0. The number of aromatic amines is 1. The number of halogens is 1. The van der Waals surface area contributed by atoms with Crippen molar-refractivity contribution < 1.29 is 29.0 Å². The first kappa shape index (κ1) is 11.6. The van der Waals surface area contributed by atoms with Gasteiger partial charge in [-0.3, -0.25) is 0 Å². The van der Waals surface area contributed by atoms with Crippen molar-refractivity contribution >= 4 is 6.08 Å². The fourth-order valence-electron chi connectivity index (χ4n) is 1.20. The predicted octanol–water partition coefficient (Wildman–Crippen LogP) is -0.927. The Morgan fingerprint density at radius 3 is 2.33 bits per heavy atom. The second kappa shape index (κ2) is 4.60. The van der Waals surface area contributed by atoms with E-state index in [-0.39, 0.29) is 24.0 Å². The molecule has 0 bridgehead atoms. The van der Waals surface area contributed by atoms with Crippen LogP contribution in [0.25, 0.3) is 6.08 Å². The first-order chi connectivity index (χ1) is 5.16. The molecular formula is C10H14IN. The van der Waals surface area contributed by atoms with Crippen LogP contribution in [0.2, 0.25) is 0 Å². The number of hydrogen-bond donors (Lipinski definition) is 0. The van der Waals surface area contributed by atoms with Crippen LogP contribution >= 0.6 is 0 Å². The van der Waals surface area contributed by atoms with Gasteiger partial charge in [-0.05, 0) is 19.4 Å². The van der Waals surface area contributed by atoms with Gasteiger partial charge in [-0.1, -0.05) is 12.7 Å². The van der Waals surface area contributed by atoms with Crippen LogP contribution in [-0.4, -0.2) is 0 Å². The average Bonchev–Trinajstić information content (AvgIpc) is 1.99. The fourth-order valence-corrected chi connectivity index (χ4v) is 1.20. The number of hydrogen-bond acceptors (Lipinski definition) is 0. The Labute approximate surface area is 90.9 Å². The van der Waals surface area contributed by atoms with Crippen molar-refractivity contribution in [3.8, 4) is 0 Å². The Hall–Kier alpha value is -0.380. The first-order valence-corrected chi connectivity index (χ1v) is 3.77. The summed E-state index contributed by atoms with van der Waals surface area (Å²) >= 11 is 0. The molecule has 0 aromatic carbocycles. The molecule has 2 heteroatoms. The lowest BCUT2D eigenvalue weighted by Crippen LogP contribution is -3.00. The molecular weight excluding hydrogens is 261 g/mol. The average molecular weight is 275 g/mol. The van der Waals surface area contributed by atoms with Gasteiger partial charge in [0.2, 0.25) is 0 Å². The van der Waals surface area contributed by atoms with Gasteiger partial charge in [0.1, 0.15) is 0 Å². The van der Waals surface area contributed by atoms with Gasteiger partial charge in [-0.15, -0.1) is 0 Å². The first-order valence-electron chi connectivity index (χ1n) is 3.77. The van der Waals surface area contributed by atoms with E-state index in [0.717, 1.165) is 0 Å². The number of nitrogens with one attached hydrogen (secondary N) is 1. The molecule has 0 radical (unpaired) electrons. The van der Waals surface area contributed by atoms with E-state index >= 15 is 0 Å². The summed E-state index contributed by atoms with van der Waals surface area (Å²) in [4.78, 5) is 3.19. The Morgan fingerprint density at radius 2 is 1.92 bits per heavy atom. The molecule has 1 aromatic heterocycles. The van der Waals surface area contributed by atoms with Crippen molar-refractivity contribution in [2.24, 2.45) is 0 Å². The molecule has 0 atom stereocenters. The van der Waals surface area contributed by atoms with Crippen LogP contribution in [-0.2, 0) is 0 Å². The molecule has 0 aliphatic heterocycles. The van der Waals surface area contributed by atoms with Crippen molar-refractivity contribution in [3.05, 3.63) is 35.2 Å². The molecule has 12 heavy (non-hydrogen) atoms. The molecule has 0 aliphatic rings. The summed E-state index contributed by atoms with van der Waals surface area (Å²) in [5.41, 5.74) is 5.01. The highest BCUT2D eigenvalue weighted by Crippen LogP contribution is 2.13. The zero-order chi connectivity index (χ0) is 8.43. The number of rotatable bonds is 1. The van der Waals surface area contributed by atoms with Gasteiger partial charge in [0.15, 0.2) is 11.9 Å². The zero-order valence-electron chi connectivity index (χ0n) is 7.74. The molecule has 1 nitrogen and oxygen atoms in total. The van der Waals surface area contributed by atoms with Crippen LogP contribution in [0.3, 0.4) is 0 Å². The van der Waals surface area contributed by atoms with Gasteiger partial charge in [-0.2, -0.15) is 0 Å². The van der Waals surface area contributed by atoms with E-state index in [2.05, 4.69) is 32.3 Å². The maximum atomic E-state index is 3.77. The summed E-state index contributed by atoms with van der Waals surface area (Å²) in [7, 11) is 0. The monoisotopic (exact) mass is 275 g/mol. The van der Waals surface area contributed by atoms with E-state index in [1.165, 1.54) is 22.4 Å². The summed E-state index contributed by atoms with van der Waals surface area (Å²) in [5, 5.41) is 0. The third kappa shape index (κ3) is 2.06. The lowest BCUT2D eigenvalue weighted by atomic mass is 10.0. The Morgan fingerprint density at radius 1 is 1.33 bits per heavy atom. The van der Waals surface area contributed by atoms with Gasteiger partial charge in [-0.25, -0.2) is 4.98 Å². The van der Waals surface area contributed by atoms with Crippen LogP contribution in [0.5, 0.6) is 0 Å². The lowest BCUT2D eigenvalue weighted by Gasteiger charge is -2.01. The van der Waals surface area contributed by atoms with Gasteiger partial charge in [0, 0.05) is 18.1 Å². The Kier molecular flexibility index (Phi) is 4.45. The molecule has 0 fully saturated rings. The van der Waals surface area contributed by atoms with Crippen LogP contribution in [0.4, 0.5) is 0 Å². The minimum absolute atomic E-state index is 0. The second-order valence-corrected chi connectivity index (χ2v) is 2.84. The highest BCUT2D eigenvalue weighted by Gasteiger charge is 2.06. The Bertz CT molecular complexity index is 292.